The van der Waals surface area contributed by atoms with Gasteiger partial charge in [-0.2, -0.15) is 0 Å². The van der Waals surface area contributed by atoms with Crippen molar-refractivity contribution < 1.29 is 4.79 Å². The van der Waals surface area contributed by atoms with Crippen LogP contribution in [0.25, 0.3) is 0 Å². The van der Waals surface area contributed by atoms with Gasteiger partial charge in [0.25, 0.3) is 0 Å². The zero-order valence-electron chi connectivity index (χ0n) is 8.68. The third-order valence-electron chi connectivity index (χ3n) is 1.64. The van der Waals surface area contributed by atoms with Crippen LogP contribution in [0.1, 0.15) is 10.4 Å². The lowest BCUT2D eigenvalue weighted by Crippen LogP contribution is -1.86. The summed E-state index contributed by atoms with van der Waals surface area (Å²) in [5.74, 6) is 0.549. The first kappa shape index (κ1) is 13.6. The van der Waals surface area contributed by atoms with Crippen LogP contribution in [0.2, 0.25) is 5.15 Å². The van der Waals surface area contributed by atoms with Crippen molar-refractivity contribution in [3.05, 3.63) is 51.8 Å². The molecule has 0 aliphatic rings. The monoisotopic (exact) mass is 313 g/mol. The molecule has 0 unspecified atom stereocenters. The van der Waals surface area contributed by atoms with Crippen molar-refractivity contribution in [2.45, 2.75) is 0 Å². The summed E-state index contributed by atoms with van der Waals surface area (Å²) in [4.78, 5) is 17.5. The molecule has 0 bridgehead atoms. The number of nitrogen functional groups attached to an aromatic ring is 1. The molecule has 2 N–H and O–H groups in total. The molecule has 6 heteroatoms. The molecule has 0 saturated carbocycles. The fraction of sp³-hybridized carbons (Fsp3) is 0. The molecule has 0 spiro atoms. The summed E-state index contributed by atoms with van der Waals surface area (Å²) >= 11 is 8.67. The van der Waals surface area contributed by atoms with Crippen LogP contribution in [0.4, 0.5) is 5.82 Å². The average Bonchev–Trinajstić information content (AvgIpc) is 2.35. The number of hydrogen-bond donors (Lipinski definition) is 1. The minimum Gasteiger partial charge on any atom is -0.384 e. The first-order valence-corrected chi connectivity index (χ1v) is 5.72. The summed E-state index contributed by atoms with van der Waals surface area (Å²) < 4.78 is 0.951. The van der Waals surface area contributed by atoms with Gasteiger partial charge >= 0.3 is 0 Å². The number of rotatable bonds is 1. The second kappa shape index (κ2) is 6.98. The molecule has 0 fully saturated rings. The van der Waals surface area contributed by atoms with E-state index in [0.29, 0.717) is 16.5 Å². The highest BCUT2D eigenvalue weighted by Crippen LogP contribution is 2.07. The van der Waals surface area contributed by atoms with Gasteiger partial charge in [0.1, 0.15) is 11.0 Å². The third-order valence-corrected chi connectivity index (χ3v) is 2.33. The van der Waals surface area contributed by atoms with E-state index in [4.69, 9.17) is 17.3 Å². The van der Waals surface area contributed by atoms with Gasteiger partial charge in [-0.3, -0.25) is 4.79 Å². The number of carbonyl (C=O) groups excluding carboxylic acids is 1. The Balaban J connectivity index is 0.000000171. The Labute approximate surface area is 112 Å². The van der Waals surface area contributed by atoms with Gasteiger partial charge in [0.15, 0.2) is 6.29 Å². The standard InChI is InChI=1S/C6H4ClNO.C5H5BrN2/c7-6-2-1-5(4-9)3-8-6;6-4-1-2-5(7)8-3-4/h1-4H;1-3H,(H2,7,8). The van der Waals surface area contributed by atoms with Gasteiger partial charge in [0.05, 0.1) is 0 Å². The van der Waals surface area contributed by atoms with Gasteiger partial charge in [-0.15, -0.1) is 0 Å². The fourth-order valence-electron chi connectivity index (χ4n) is 0.844. The molecule has 88 valence electrons. The van der Waals surface area contributed by atoms with Crippen LogP contribution in [-0.4, -0.2) is 16.3 Å². The lowest BCUT2D eigenvalue weighted by atomic mass is 10.3. The second-order valence-electron chi connectivity index (χ2n) is 2.93. The van der Waals surface area contributed by atoms with Crippen LogP contribution >= 0.6 is 27.5 Å². The zero-order chi connectivity index (χ0) is 12.7. The molecule has 0 aliphatic heterocycles. The Kier molecular flexibility index (Phi) is 5.59. The van der Waals surface area contributed by atoms with Crippen LogP contribution in [0.3, 0.4) is 0 Å². The molecule has 0 saturated heterocycles. The first-order chi connectivity index (χ1) is 8.11. The van der Waals surface area contributed by atoms with Crippen molar-refractivity contribution >= 4 is 39.6 Å². The van der Waals surface area contributed by atoms with Crippen LogP contribution in [-0.2, 0) is 0 Å². The van der Waals surface area contributed by atoms with Crippen LogP contribution in [0.15, 0.2) is 41.1 Å². The maximum absolute atomic E-state index is 10.0. The lowest BCUT2D eigenvalue weighted by Gasteiger charge is -1.88. The Morgan fingerprint density at radius 1 is 1.18 bits per heavy atom. The Bertz CT molecular complexity index is 452. The fourth-order valence-corrected chi connectivity index (χ4v) is 1.19. The quantitative estimate of drug-likeness (QED) is 0.649. The van der Waals surface area contributed by atoms with Crippen LogP contribution in [0, 0.1) is 0 Å². The molecular formula is C11H9BrClN3O. The number of hydrogen-bond acceptors (Lipinski definition) is 4. The van der Waals surface area contributed by atoms with E-state index in [1.807, 2.05) is 6.07 Å². The lowest BCUT2D eigenvalue weighted by molar-refractivity contribution is 0.112. The molecule has 0 aromatic carbocycles. The normalized spacial score (nSPS) is 9.06. The molecule has 2 rings (SSSR count). The van der Waals surface area contributed by atoms with Crippen molar-refractivity contribution in [2.24, 2.45) is 0 Å². The molecule has 0 amide bonds. The number of carbonyl (C=O) groups is 1. The summed E-state index contributed by atoms with van der Waals surface area (Å²) in [7, 11) is 0. The van der Waals surface area contributed by atoms with Gasteiger partial charge in [0, 0.05) is 22.4 Å². The summed E-state index contributed by atoms with van der Waals surface area (Å²) in [6.45, 7) is 0. The number of halogens is 2. The van der Waals surface area contributed by atoms with Gasteiger partial charge in [-0.05, 0) is 40.2 Å². The Hall–Kier alpha value is -1.46. The maximum Gasteiger partial charge on any atom is 0.151 e. The molecule has 0 atom stereocenters. The van der Waals surface area contributed by atoms with Gasteiger partial charge in [0.2, 0.25) is 0 Å². The van der Waals surface area contributed by atoms with Crippen LogP contribution < -0.4 is 5.73 Å². The Morgan fingerprint density at radius 2 is 1.94 bits per heavy atom. The summed E-state index contributed by atoms with van der Waals surface area (Å²) in [5, 5.41) is 0.403. The Morgan fingerprint density at radius 3 is 2.35 bits per heavy atom. The van der Waals surface area contributed by atoms with E-state index in [0.717, 1.165) is 10.8 Å². The number of aromatic nitrogens is 2. The largest absolute Gasteiger partial charge is 0.384 e. The highest BCUT2D eigenvalue weighted by molar-refractivity contribution is 9.10. The molecular weight excluding hydrogens is 305 g/mol. The second-order valence-corrected chi connectivity index (χ2v) is 4.24. The highest BCUT2D eigenvalue weighted by atomic mass is 79.9. The SMILES string of the molecule is Nc1ccc(Br)cn1.O=Cc1ccc(Cl)nc1. The molecule has 0 aliphatic carbocycles. The minimum atomic E-state index is 0.403. The highest BCUT2D eigenvalue weighted by Gasteiger charge is 1.88. The summed E-state index contributed by atoms with van der Waals surface area (Å²) in [5.41, 5.74) is 5.84. The van der Waals surface area contributed by atoms with Crippen molar-refractivity contribution in [1.29, 1.82) is 0 Å². The molecule has 2 heterocycles. The van der Waals surface area contributed by atoms with E-state index >= 15 is 0 Å². The van der Waals surface area contributed by atoms with Crippen molar-refractivity contribution in [3.63, 3.8) is 0 Å². The number of nitrogens with zero attached hydrogens (tertiary/aromatic N) is 2. The zero-order valence-corrected chi connectivity index (χ0v) is 11.0. The average molecular weight is 315 g/mol. The predicted octanol–water partition coefficient (Wildman–Crippen LogP) is 2.97. The van der Waals surface area contributed by atoms with Gasteiger partial charge in [-0.25, -0.2) is 9.97 Å². The molecule has 2 aromatic rings. The van der Waals surface area contributed by atoms with E-state index < -0.39 is 0 Å². The molecule has 0 radical (unpaired) electrons. The van der Waals surface area contributed by atoms with Crippen LogP contribution in [0.5, 0.6) is 0 Å². The van der Waals surface area contributed by atoms with E-state index in [9.17, 15) is 4.79 Å². The number of anilines is 1. The first-order valence-electron chi connectivity index (χ1n) is 4.55. The smallest absolute Gasteiger partial charge is 0.151 e. The van der Waals surface area contributed by atoms with E-state index in [2.05, 4.69) is 25.9 Å². The number of pyridine rings is 2. The van der Waals surface area contributed by atoms with E-state index in [-0.39, 0.29) is 0 Å². The predicted molar refractivity (Wildman–Crippen MR) is 71.0 cm³/mol. The summed E-state index contributed by atoms with van der Waals surface area (Å²) in [6, 6.07) is 6.78. The maximum atomic E-state index is 10.0. The number of nitrogens with two attached hydrogens (primary N) is 1. The number of aldehydes is 1. The molecule has 4 nitrogen and oxygen atoms in total. The van der Waals surface area contributed by atoms with Gasteiger partial charge < -0.3 is 5.73 Å². The van der Waals surface area contributed by atoms with E-state index in [1.54, 1.807) is 24.4 Å². The molecule has 17 heavy (non-hydrogen) atoms. The topological polar surface area (TPSA) is 68.9 Å². The summed E-state index contributed by atoms with van der Waals surface area (Å²) in [6.07, 6.45) is 3.81. The van der Waals surface area contributed by atoms with Crippen molar-refractivity contribution in [1.82, 2.24) is 9.97 Å². The van der Waals surface area contributed by atoms with Crippen molar-refractivity contribution in [3.8, 4) is 0 Å². The minimum absolute atomic E-state index is 0.403. The van der Waals surface area contributed by atoms with Crippen molar-refractivity contribution in [2.75, 3.05) is 5.73 Å². The van der Waals surface area contributed by atoms with Gasteiger partial charge in [-0.1, -0.05) is 11.6 Å². The van der Waals surface area contributed by atoms with E-state index in [1.165, 1.54) is 6.20 Å². The third kappa shape index (κ3) is 5.42. The molecule has 2 aromatic heterocycles.